The normalized spacial score (nSPS) is 19.1. The van der Waals surface area contributed by atoms with Crippen LogP contribution in [0.1, 0.15) is 46.0 Å². The number of hydrogen-bond acceptors (Lipinski definition) is 3. The van der Waals surface area contributed by atoms with Crippen molar-refractivity contribution in [3.05, 3.63) is 0 Å². The van der Waals surface area contributed by atoms with Gasteiger partial charge < -0.3 is 15.2 Å². The van der Waals surface area contributed by atoms with Gasteiger partial charge in [0.25, 0.3) is 0 Å². The van der Waals surface area contributed by atoms with Crippen molar-refractivity contribution in [1.82, 2.24) is 5.32 Å². The van der Waals surface area contributed by atoms with Crippen LogP contribution in [0, 0.1) is 11.8 Å². The van der Waals surface area contributed by atoms with Gasteiger partial charge in [-0.1, -0.05) is 39.5 Å². The van der Waals surface area contributed by atoms with Gasteiger partial charge in [0, 0.05) is 13.2 Å². The second kappa shape index (κ2) is 8.90. The van der Waals surface area contributed by atoms with Gasteiger partial charge in [0.05, 0.1) is 12.7 Å². The summed E-state index contributed by atoms with van der Waals surface area (Å²) in [4.78, 5) is 0. The molecule has 1 fully saturated rings. The number of aliphatic hydroxyl groups excluding tert-OH is 1. The maximum atomic E-state index is 9.67. The first-order valence-corrected chi connectivity index (χ1v) is 7.15. The zero-order valence-electron chi connectivity index (χ0n) is 11.5. The minimum atomic E-state index is -0.364. The number of nitrogens with one attached hydrogen (secondary N) is 1. The molecule has 0 bridgehead atoms. The lowest BCUT2D eigenvalue weighted by molar-refractivity contribution is 0.0261. The van der Waals surface area contributed by atoms with Gasteiger partial charge in [-0.05, 0) is 24.8 Å². The smallest absolute Gasteiger partial charge is 0.0897 e. The van der Waals surface area contributed by atoms with Crippen LogP contribution in [0.4, 0.5) is 0 Å². The lowest BCUT2D eigenvalue weighted by atomic mass is 10.0. The van der Waals surface area contributed by atoms with Crippen LogP contribution in [0.25, 0.3) is 0 Å². The van der Waals surface area contributed by atoms with Crippen molar-refractivity contribution >= 4 is 0 Å². The standard InChI is InChI=1S/C14H29NO2/c1-12(2)10-17-11-14(16)9-15-8-7-13-5-3-4-6-13/h12-16H,3-11H2,1-2H3. The molecule has 0 radical (unpaired) electrons. The van der Waals surface area contributed by atoms with Gasteiger partial charge >= 0.3 is 0 Å². The highest BCUT2D eigenvalue weighted by Crippen LogP contribution is 2.26. The van der Waals surface area contributed by atoms with Gasteiger partial charge in [-0.3, -0.25) is 0 Å². The number of aliphatic hydroxyl groups is 1. The minimum absolute atomic E-state index is 0.364. The molecule has 3 nitrogen and oxygen atoms in total. The molecule has 0 aromatic heterocycles. The van der Waals surface area contributed by atoms with Crippen molar-refractivity contribution in [2.45, 2.75) is 52.1 Å². The van der Waals surface area contributed by atoms with Crippen LogP contribution in [0.5, 0.6) is 0 Å². The molecule has 1 aliphatic rings. The Morgan fingerprint density at radius 2 is 1.94 bits per heavy atom. The molecule has 0 saturated heterocycles. The number of ether oxygens (including phenoxy) is 1. The van der Waals surface area contributed by atoms with E-state index in [1.165, 1.54) is 32.1 Å². The van der Waals surface area contributed by atoms with Crippen molar-refractivity contribution in [3.63, 3.8) is 0 Å². The van der Waals surface area contributed by atoms with Gasteiger partial charge in [-0.15, -0.1) is 0 Å². The van der Waals surface area contributed by atoms with E-state index in [2.05, 4.69) is 19.2 Å². The summed E-state index contributed by atoms with van der Waals surface area (Å²) in [5.41, 5.74) is 0. The Balaban J connectivity index is 1.87. The van der Waals surface area contributed by atoms with Gasteiger partial charge in [-0.2, -0.15) is 0 Å². The first-order chi connectivity index (χ1) is 8.18. The second-order valence-corrected chi connectivity index (χ2v) is 5.73. The number of rotatable bonds is 9. The van der Waals surface area contributed by atoms with Crippen molar-refractivity contribution in [1.29, 1.82) is 0 Å². The minimum Gasteiger partial charge on any atom is -0.389 e. The van der Waals surface area contributed by atoms with Gasteiger partial charge in [0.1, 0.15) is 0 Å². The third kappa shape index (κ3) is 7.74. The van der Waals surface area contributed by atoms with Crippen LogP contribution in [0.15, 0.2) is 0 Å². The predicted molar refractivity (Wildman–Crippen MR) is 71.1 cm³/mol. The van der Waals surface area contributed by atoms with Crippen molar-refractivity contribution in [2.24, 2.45) is 11.8 Å². The Morgan fingerprint density at radius 3 is 2.59 bits per heavy atom. The summed E-state index contributed by atoms with van der Waals surface area (Å²) in [7, 11) is 0. The van der Waals surface area contributed by atoms with Gasteiger partial charge in [-0.25, -0.2) is 0 Å². The quantitative estimate of drug-likeness (QED) is 0.610. The third-order valence-corrected chi connectivity index (χ3v) is 3.35. The largest absolute Gasteiger partial charge is 0.389 e. The Bertz CT molecular complexity index is 179. The van der Waals surface area contributed by atoms with Crippen LogP contribution in [-0.4, -0.2) is 37.5 Å². The zero-order valence-corrected chi connectivity index (χ0v) is 11.5. The molecule has 1 unspecified atom stereocenters. The topological polar surface area (TPSA) is 41.5 Å². The van der Waals surface area contributed by atoms with E-state index in [4.69, 9.17) is 4.74 Å². The van der Waals surface area contributed by atoms with Crippen LogP contribution in [0.2, 0.25) is 0 Å². The molecule has 0 heterocycles. The molecule has 0 spiro atoms. The van der Waals surface area contributed by atoms with E-state index in [0.29, 0.717) is 19.1 Å². The van der Waals surface area contributed by atoms with Crippen molar-refractivity contribution in [2.75, 3.05) is 26.3 Å². The lowest BCUT2D eigenvalue weighted by Gasteiger charge is -2.14. The Kier molecular flexibility index (Phi) is 7.82. The van der Waals surface area contributed by atoms with Crippen molar-refractivity contribution < 1.29 is 9.84 Å². The average Bonchev–Trinajstić information content (AvgIpc) is 2.76. The zero-order chi connectivity index (χ0) is 12.5. The van der Waals surface area contributed by atoms with Crippen LogP contribution in [0.3, 0.4) is 0 Å². The van der Waals surface area contributed by atoms with Crippen LogP contribution < -0.4 is 5.32 Å². The molecular weight excluding hydrogens is 214 g/mol. The molecule has 17 heavy (non-hydrogen) atoms. The summed E-state index contributed by atoms with van der Waals surface area (Å²) in [6.45, 7) is 7.11. The van der Waals surface area contributed by atoms with E-state index < -0.39 is 0 Å². The fourth-order valence-electron chi connectivity index (χ4n) is 2.37. The molecule has 0 aliphatic heterocycles. The maximum Gasteiger partial charge on any atom is 0.0897 e. The Morgan fingerprint density at radius 1 is 1.24 bits per heavy atom. The Labute approximate surface area is 106 Å². The van der Waals surface area contributed by atoms with E-state index in [0.717, 1.165) is 19.1 Å². The van der Waals surface area contributed by atoms with E-state index in [9.17, 15) is 5.11 Å². The first kappa shape index (κ1) is 14.9. The molecule has 1 aliphatic carbocycles. The number of hydrogen-bond donors (Lipinski definition) is 2. The highest BCUT2D eigenvalue weighted by molar-refractivity contribution is 4.68. The highest BCUT2D eigenvalue weighted by Gasteiger charge is 2.14. The van der Waals surface area contributed by atoms with Crippen LogP contribution in [-0.2, 0) is 4.74 Å². The van der Waals surface area contributed by atoms with E-state index in [1.54, 1.807) is 0 Å². The molecule has 1 atom stereocenters. The second-order valence-electron chi connectivity index (χ2n) is 5.73. The molecule has 0 amide bonds. The molecule has 2 N–H and O–H groups in total. The van der Waals surface area contributed by atoms with E-state index in [1.807, 2.05) is 0 Å². The lowest BCUT2D eigenvalue weighted by Crippen LogP contribution is -2.31. The molecular formula is C14H29NO2. The van der Waals surface area contributed by atoms with Gasteiger partial charge in [0.15, 0.2) is 0 Å². The fraction of sp³-hybridized carbons (Fsp3) is 1.00. The maximum absolute atomic E-state index is 9.67. The SMILES string of the molecule is CC(C)COCC(O)CNCCC1CCCC1. The molecule has 1 saturated carbocycles. The molecule has 1 rings (SSSR count). The summed E-state index contributed by atoms with van der Waals surface area (Å²) in [5.74, 6) is 1.47. The fourth-order valence-corrected chi connectivity index (χ4v) is 2.37. The highest BCUT2D eigenvalue weighted by atomic mass is 16.5. The summed E-state index contributed by atoms with van der Waals surface area (Å²) < 4.78 is 5.40. The van der Waals surface area contributed by atoms with Crippen molar-refractivity contribution in [3.8, 4) is 0 Å². The molecule has 0 aromatic rings. The molecule has 102 valence electrons. The summed E-state index contributed by atoms with van der Waals surface area (Å²) in [6.07, 6.45) is 6.53. The third-order valence-electron chi connectivity index (χ3n) is 3.35. The van der Waals surface area contributed by atoms with E-state index >= 15 is 0 Å². The summed E-state index contributed by atoms with van der Waals surface area (Å²) >= 11 is 0. The average molecular weight is 243 g/mol. The van der Waals surface area contributed by atoms with E-state index in [-0.39, 0.29) is 6.10 Å². The molecule has 0 aromatic carbocycles. The first-order valence-electron chi connectivity index (χ1n) is 7.15. The predicted octanol–water partition coefficient (Wildman–Crippen LogP) is 2.19. The molecule has 3 heteroatoms. The van der Waals surface area contributed by atoms with Crippen LogP contribution >= 0.6 is 0 Å². The monoisotopic (exact) mass is 243 g/mol. The summed E-state index contributed by atoms with van der Waals surface area (Å²) in [5, 5.41) is 13.0. The Hall–Kier alpha value is -0.120. The van der Waals surface area contributed by atoms with Gasteiger partial charge in [0.2, 0.25) is 0 Å². The summed E-state index contributed by atoms with van der Waals surface area (Å²) in [6, 6.07) is 0.